The molecule has 0 aliphatic carbocycles. The number of aldehydes is 2. The molecule has 0 rings (SSSR count). The first-order valence-corrected chi connectivity index (χ1v) is 4.85. The molecule has 0 aromatic heterocycles. The normalized spacial score (nSPS) is 12.2. The summed E-state index contributed by atoms with van der Waals surface area (Å²) >= 11 is 0. The summed E-state index contributed by atoms with van der Waals surface area (Å²) in [6.45, 7) is 3.52. The summed E-state index contributed by atoms with van der Waals surface area (Å²) in [6.07, 6.45) is 1.42. The Morgan fingerprint density at radius 3 is 2.33 bits per heavy atom. The van der Waals surface area contributed by atoms with Gasteiger partial charge in [-0.15, -0.1) is 0 Å². The van der Waals surface area contributed by atoms with Crippen LogP contribution < -0.4 is 0 Å². The topological polar surface area (TPSA) is 69.7 Å². The second kappa shape index (κ2) is 8.11. The van der Waals surface area contributed by atoms with Crippen LogP contribution in [0.2, 0.25) is 0 Å². The summed E-state index contributed by atoms with van der Waals surface area (Å²) in [5.41, 5.74) is 0. The molecule has 0 N–H and O–H groups in total. The molecule has 86 valence electrons. The molecule has 0 saturated carbocycles. The van der Waals surface area contributed by atoms with Crippen molar-refractivity contribution in [3.63, 3.8) is 0 Å². The number of ether oxygens (including phenoxy) is 2. The van der Waals surface area contributed by atoms with Crippen molar-refractivity contribution in [3.05, 3.63) is 0 Å². The summed E-state index contributed by atoms with van der Waals surface area (Å²) in [6, 6.07) is 0. The lowest BCUT2D eigenvalue weighted by Gasteiger charge is -2.18. The molecule has 0 amide bonds. The fraction of sp³-hybridized carbons (Fsp3) is 0.700. The van der Waals surface area contributed by atoms with Crippen LogP contribution in [0.15, 0.2) is 0 Å². The van der Waals surface area contributed by atoms with Gasteiger partial charge in [0, 0.05) is 6.92 Å². The van der Waals surface area contributed by atoms with Crippen LogP contribution in [0.3, 0.4) is 0 Å². The fourth-order valence-electron chi connectivity index (χ4n) is 0.891. The number of unbranched alkanes of at least 4 members (excludes halogenated alkanes) is 1. The van der Waals surface area contributed by atoms with E-state index in [0.29, 0.717) is 19.2 Å². The molecule has 0 fully saturated rings. The van der Waals surface area contributed by atoms with Gasteiger partial charge in [-0.1, -0.05) is 13.3 Å². The van der Waals surface area contributed by atoms with E-state index in [1.807, 2.05) is 6.92 Å². The maximum absolute atomic E-state index is 10.7. The molecular formula is C10H16O5. The number of carbonyl (C=O) groups is 3. The first-order valence-electron chi connectivity index (χ1n) is 4.85. The zero-order valence-corrected chi connectivity index (χ0v) is 8.97. The monoisotopic (exact) mass is 216 g/mol. The van der Waals surface area contributed by atoms with Gasteiger partial charge in [0.25, 0.3) is 0 Å². The Labute approximate surface area is 88.7 Å². The van der Waals surface area contributed by atoms with Crippen LogP contribution in [0.25, 0.3) is 0 Å². The largest absolute Gasteiger partial charge is 0.435 e. The van der Waals surface area contributed by atoms with E-state index >= 15 is 0 Å². The van der Waals surface area contributed by atoms with Gasteiger partial charge in [0.1, 0.15) is 18.5 Å². The van der Waals surface area contributed by atoms with Gasteiger partial charge in [0.2, 0.25) is 6.29 Å². The molecule has 0 bridgehead atoms. The Hall–Kier alpha value is -1.23. The SMILES string of the molecule is CCCCOC(OC(C)=O)C(C=O)C=O. The summed E-state index contributed by atoms with van der Waals surface area (Å²) in [5.74, 6) is -1.63. The molecule has 0 aromatic carbocycles. The lowest BCUT2D eigenvalue weighted by Crippen LogP contribution is -2.31. The molecule has 0 aliphatic rings. The molecule has 5 nitrogen and oxygen atoms in total. The van der Waals surface area contributed by atoms with Crippen LogP contribution in [0.4, 0.5) is 0 Å². The van der Waals surface area contributed by atoms with Gasteiger partial charge in [-0.2, -0.15) is 0 Å². The number of esters is 1. The average molecular weight is 216 g/mol. The predicted octanol–water partition coefficient (Wildman–Crippen LogP) is 0.706. The maximum Gasteiger partial charge on any atom is 0.304 e. The van der Waals surface area contributed by atoms with Crippen LogP contribution in [-0.2, 0) is 23.9 Å². The molecule has 5 heteroatoms. The Morgan fingerprint density at radius 2 is 1.93 bits per heavy atom. The van der Waals surface area contributed by atoms with E-state index in [1.165, 1.54) is 6.92 Å². The number of rotatable bonds is 8. The van der Waals surface area contributed by atoms with E-state index in [4.69, 9.17) is 9.47 Å². The van der Waals surface area contributed by atoms with Crippen LogP contribution >= 0.6 is 0 Å². The molecule has 1 unspecified atom stereocenters. The van der Waals surface area contributed by atoms with Crippen molar-refractivity contribution in [3.8, 4) is 0 Å². The van der Waals surface area contributed by atoms with E-state index < -0.39 is 18.2 Å². The van der Waals surface area contributed by atoms with Gasteiger partial charge in [0.05, 0.1) is 6.61 Å². The summed E-state index contributed by atoms with van der Waals surface area (Å²) in [5, 5.41) is 0. The molecule has 0 aromatic rings. The maximum atomic E-state index is 10.7. The van der Waals surface area contributed by atoms with Crippen LogP contribution in [0.5, 0.6) is 0 Å². The molecule has 0 spiro atoms. The van der Waals surface area contributed by atoms with Crippen LogP contribution in [0.1, 0.15) is 26.7 Å². The lowest BCUT2D eigenvalue weighted by molar-refractivity contribution is -0.186. The van der Waals surface area contributed by atoms with E-state index in [1.54, 1.807) is 0 Å². The Morgan fingerprint density at radius 1 is 1.33 bits per heavy atom. The standard InChI is InChI=1S/C10H16O5/c1-3-4-5-14-10(15-8(2)13)9(6-11)7-12/h6-7,9-10H,3-5H2,1-2H3. The van der Waals surface area contributed by atoms with Crippen molar-refractivity contribution in [2.24, 2.45) is 5.92 Å². The Bertz CT molecular complexity index is 206. The number of hydrogen-bond acceptors (Lipinski definition) is 5. The Balaban J connectivity index is 4.21. The summed E-state index contributed by atoms with van der Waals surface area (Å²) in [4.78, 5) is 31.7. The highest BCUT2D eigenvalue weighted by atomic mass is 16.7. The van der Waals surface area contributed by atoms with E-state index in [-0.39, 0.29) is 0 Å². The number of carbonyl (C=O) groups excluding carboxylic acids is 3. The van der Waals surface area contributed by atoms with Gasteiger partial charge in [-0.05, 0) is 6.42 Å². The molecule has 0 heterocycles. The Kier molecular flexibility index (Phi) is 7.44. The first-order chi connectivity index (χ1) is 7.15. The van der Waals surface area contributed by atoms with Gasteiger partial charge >= 0.3 is 5.97 Å². The smallest absolute Gasteiger partial charge is 0.304 e. The van der Waals surface area contributed by atoms with Crippen molar-refractivity contribution < 1.29 is 23.9 Å². The molecular weight excluding hydrogens is 200 g/mol. The third-order valence-corrected chi connectivity index (χ3v) is 1.69. The lowest BCUT2D eigenvalue weighted by atomic mass is 10.2. The number of hydrogen-bond donors (Lipinski definition) is 0. The van der Waals surface area contributed by atoms with Crippen molar-refractivity contribution >= 4 is 18.5 Å². The van der Waals surface area contributed by atoms with Crippen LogP contribution in [-0.4, -0.2) is 31.4 Å². The van der Waals surface area contributed by atoms with Gasteiger partial charge < -0.3 is 19.1 Å². The minimum atomic E-state index is -1.09. The fourth-order valence-corrected chi connectivity index (χ4v) is 0.891. The van der Waals surface area contributed by atoms with Crippen molar-refractivity contribution in [2.45, 2.75) is 33.0 Å². The van der Waals surface area contributed by atoms with E-state index in [0.717, 1.165) is 12.8 Å². The van der Waals surface area contributed by atoms with Gasteiger partial charge in [-0.25, -0.2) is 0 Å². The molecule has 1 atom stereocenters. The highest BCUT2D eigenvalue weighted by Crippen LogP contribution is 2.07. The molecule has 15 heavy (non-hydrogen) atoms. The van der Waals surface area contributed by atoms with Gasteiger partial charge in [-0.3, -0.25) is 4.79 Å². The summed E-state index contributed by atoms with van der Waals surface area (Å²) < 4.78 is 9.85. The highest BCUT2D eigenvalue weighted by molar-refractivity contribution is 5.78. The minimum absolute atomic E-state index is 0.354. The van der Waals surface area contributed by atoms with Crippen molar-refractivity contribution in [1.29, 1.82) is 0 Å². The second-order valence-electron chi connectivity index (χ2n) is 3.05. The molecule has 0 saturated heterocycles. The molecule has 0 radical (unpaired) electrons. The van der Waals surface area contributed by atoms with Gasteiger partial charge in [0.15, 0.2) is 0 Å². The molecule has 0 aliphatic heterocycles. The van der Waals surface area contributed by atoms with Crippen molar-refractivity contribution in [2.75, 3.05) is 6.61 Å². The predicted molar refractivity (Wildman–Crippen MR) is 52.0 cm³/mol. The van der Waals surface area contributed by atoms with E-state index in [9.17, 15) is 14.4 Å². The van der Waals surface area contributed by atoms with E-state index in [2.05, 4.69) is 0 Å². The zero-order valence-electron chi connectivity index (χ0n) is 8.97. The first kappa shape index (κ1) is 13.8. The third-order valence-electron chi connectivity index (χ3n) is 1.69. The van der Waals surface area contributed by atoms with Crippen LogP contribution in [0, 0.1) is 5.92 Å². The summed E-state index contributed by atoms with van der Waals surface area (Å²) in [7, 11) is 0. The average Bonchev–Trinajstić information content (AvgIpc) is 2.19. The second-order valence-corrected chi connectivity index (χ2v) is 3.05. The quantitative estimate of drug-likeness (QED) is 0.196. The minimum Gasteiger partial charge on any atom is -0.435 e. The third kappa shape index (κ3) is 5.96. The zero-order chi connectivity index (χ0) is 11.7. The van der Waals surface area contributed by atoms with Crippen molar-refractivity contribution in [1.82, 2.24) is 0 Å². The highest BCUT2D eigenvalue weighted by Gasteiger charge is 2.23.